The van der Waals surface area contributed by atoms with Crippen LogP contribution in [0.2, 0.25) is 0 Å². The van der Waals surface area contributed by atoms with Gasteiger partial charge in [-0.1, -0.05) is 13.8 Å². The highest BCUT2D eigenvalue weighted by Crippen LogP contribution is 2.21. The lowest BCUT2D eigenvalue weighted by Gasteiger charge is -2.22. The van der Waals surface area contributed by atoms with E-state index < -0.39 is 0 Å². The Morgan fingerprint density at radius 3 is 2.33 bits per heavy atom. The van der Waals surface area contributed by atoms with E-state index in [2.05, 4.69) is 32.2 Å². The van der Waals surface area contributed by atoms with Crippen molar-refractivity contribution in [2.75, 3.05) is 19.4 Å². The van der Waals surface area contributed by atoms with Gasteiger partial charge in [-0.2, -0.15) is 0 Å². The Morgan fingerprint density at radius 2 is 1.87 bits per heavy atom. The van der Waals surface area contributed by atoms with Crippen molar-refractivity contribution < 1.29 is 4.74 Å². The van der Waals surface area contributed by atoms with Crippen LogP contribution in [0.1, 0.15) is 13.8 Å². The lowest BCUT2D eigenvalue weighted by atomic mass is 9.95. The van der Waals surface area contributed by atoms with Gasteiger partial charge < -0.3 is 10.5 Å². The maximum atomic E-state index is 5.67. The molecule has 15 heavy (non-hydrogen) atoms. The Kier molecular flexibility index (Phi) is 4.48. The molecular weight excluding hydrogens is 206 g/mol. The van der Waals surface area contributed by atoms with Gasteiger partial charge in [-0.15, -0.1) is 11.8 Å². The van der Waals surface area contributed by atoms with E-state index in [1.165, 1.54) is 4.90 Å². The first kappa shape index (κ1) is 12.4. The molecular formula is C12H19NOS. The van der Waals surface area contributed by atoms with Crippen LogP contribution in [-0.2, 0) is 0 Å². The maximum Gasteiger partial charge on any atom is 0.119 e. The van der Waals surface area contributed by atoms with E-state index in [0.29, 0.717) is 13.2 Å². The molecule has 0 aliphatic carbocycles. The van der Waals surface area contributed by atoms with Crippen LogP contribution in [0.4, 0.5) is 0 Å². The van der Waals surface area contributed by atoms with E-state index in [-0.39, 0.29) is 5.41 Å². The predicted molar refractivity (Wildman–Crippen MR) is 66.6 cm³/mol. The topological polar surface area (TPSA) is 35.2 Å². The quantitative estimate of drug-likeness (QED) is 0.783. The average molecular weight is 225 g/mol. The highest BCUT2D eigenvalue weighted by molar-refractivity contribution is 7.98. The van der Waals surface area contributed by atoms with Crippen LogP contribution < -0.4 is 10.5 Å². The second kappa shape index (κ2) is 5.42. The van der Waals surface area contributed by atoms with Crippen LogP contribution >= 0.6 is 11.8 Å². The van der Waals surface area contributed by atoms with Gasteiger partial charge in [-0.05, 0) is 30.5 Å². The molecule has 2 nitrogen and oxygen atoms in total. The molecule has 0 radical (unpaired) electrons. The van der Waals surface area contributed by atoms with Gasteiger partial charge in [-0.25, -0.2) is 0 Å². The molecule has 0 spiro atoms. The van der Waals surface area contributed by atoms with Gasteiger partial charge in [0, 0.05) is 16.9 Å². The standard InChI is InChI=1S/C12H19NOS/c1-12(2,8-13)9-14-10-4-6-11(15-3)7-5-10/h4-7H,8-9,13H2,1-3H3. The summed E-state index contributed by atoms with van der Waals surface area (Å²) in [5, 5.41) is 0. The maximum absolute atomic E-state index is 5.67. The van der Waals surface area contributed by atoms with E-state index in [9.17, 15) is 0 Å². The fourth-order valence-electron chi connectivity index (χ4n) is 1.01. The Balaban J connectivity index is 2.51. The Morgan fingerprint density at radius 1 is 1.27 bits per heavy atom. The minimum absolute atomic E-state index is 0.0399. The summed E-state index contributed by atoms with van der Waals surface area (Å²) in [6, 6.07) is 8.13. The van der Waals surface area contributed by atoms with Crippen LogP contribution in [0.15, 0.2) is 29.2 Å². The molecule has 0 amide bonds. The van der Waals surface area contributed by atoms with Gasteiger partial charge in [0.2, 0.25) is 0 Å². The van der Waals surface area contributed by atoms with Crippen LogP contribution in [-0.4, -0.2) is 19.4 Å². The molecule has 0 heterocycles. The zero-order valence-corrected chi connectivity index (χ0v) is 10.4. The first-order chi connectivity index (χ1) is 7.07. The molecule has 0 saturated heterocycles. The van der Waals surface area contributed by atoms with Crippen LogP contribution in [0.3, 0.4) is 0 Å². The molecule has 1 aromatic carbocycles. The molecule has 0 atom stereocenters. The SMILES string of the molecule is CSc1ccc(OCC(C)(C)CN)cc1. The summed E-state index contributed by atoms with van der Waals surface area (Å²) in [6.07, 6.45) is 2.06. The van der Waals surface area contributed by atoms with Gasteiger partial charge in [0.25, 0.3) is 0 Å². The van der Waals surface area contributed by atoms with Gasteiger partial charge in [0.15, 0.2) is 0 Å². The summed E-state index contributed by atoms with van der Waals surface area (Å²) in [4.78, 5) is 1.25. The van der Waals surface area contributed by atoms with E-state index >= 15 is 0 Å². The molecule has 0 aliphatic rings. The second-order valence-corrected chi connectivity index (χ2v) is 5.21. The molecule has 0 bridgehead atoms. The number of thioether (sulfide) groups is 1. The summed E-state index contributed by atoms with van der Waals surface area (Å²) in [5.74, 6) is 0.911. The molecule has 0 aliphatic heterocycles. The number of ether oxygens (including phenoxy) is 1. The van der Waals surface area contributed by atoms with E-state index in [1.54, 1.807) is 11.8 Å². The average Bonchev–Trinajstić information content (AvgIpc) is 2.27. The van der Waals surface area contributed by atoms with Crippen molar-refractivity contribution in [2.45, 2.75) is 18.7 Å². The zero-order valence-electron chi connectivity index (χ0n) is 9.62. The summed E-state index contributed by atoms with van der Waals surface area (Å²) < 4.78 is 5.67. The largest absolute Gasteiger partial charge is 0.493 e. The van der Waals surface area contributed by atoms with E-state index in [1.807, 2.05) is 12.1 Å². The van der Waals surface area contributed by atoms with Gasteiger partial charge >= 0.3 is 0 Å². The normalized spacial score (nSPS) is 11.5. The zero-order chi connectivity index (χ0) is 11.3. The Hall–Kier alpha value is -0.670. The molecule has 2 N–H and O–H groups in total. The number of rotatable bonds is 5. The van der Waals surface area contributed by atoms with Crippen molar-refractivity contribution in [3.05, 3.63) is 24.3 Å². The molecule has 0 fully saturated rings. The highest BCUT2D eigenvalue weighted by Gasteiger charge is 2.16. The van der Waals surface area contributed by atoms with E-state index in [4.69, 9.17) is 10.5 Å². The van der Waals surface area contributed by atoms with Gasteiger partial charge in [0.1, 0.15) is 5.75 Å². The number of hydrogen-bond donors (Lipinski definition) is 1. The third-order valence-electron chi connectivity index (χ3n) is 2.24. The third-order valence-corrected chi connectivity index (χ3v) is 2.99. The van der Waals surface area contributed by atoms with Crippen LogP contribution in [0.25, 0.3) is 0 Å². The Bertz CT molecular complexity index is 295. The van der Waals surface area contributed by atoms with Crippen molar-refractivity contribution in [1.29, 1.82) is 0 Å². The minimum Gasteiger partial charge on any atom is -0.493 e. The van der Waals surface area contributed by atoms with Crippen molar-refractivity contribution >= 4 is 11.8 Å². The number of hydrogen-bond acceptors (Lipinski definition) is 3. The second-order valence-electron chi connectivity index (χ2n) is 4.33. The minimum atomic E-state index is 0.0399. The Labute approximate surface area is 96.2 Å². The molecule has 0 aromatic heterocycles. The summed E-state index contributed by atoms with van der Waals surface area (Å²) >= 11 is 1.73. The number of nitrogens with two attached hydrogens (primary N) is 1. The van der Waals surface area contributed by atoms with E-state index in [0.717, 1.165) is 5.75 Å². The molecule has 84 valence electrons. The van der Waals surface area contributed by atoms with Crippen molar-refractivity contribution in [2.24, 2.45) is 11.1 Å². The monoisotopic (exact) mass is 225 g/mol. The highest BCUT2D eigenvalue weighted by atomic mass is 32.2. The fourth-order valence-corrected chi connectivity index (χ4v) is 1.42. The first-order valence-electron chi connectivity index (χ1n) is 5.04. The molecule has 1 rings (SSSR count). The molecule has 0 unspecified atom stereocenters. The first-order valence-corrected chi connectivity index (χ1v) is 6.27. The molecule has 1 aromatic rings. The molecule has 0 saturated carbocycles. The number of benzene rings is 1. The van der Waals surface area contributed by atoms with Crippen LogP contribution in [0.5, 0.6) is 5.75 Å². The lowest BCUT2D eigenvalue weighted by Crippen LogP contribution is -2.30. The van der Waals surface area contributed by atoms with Crippen molar-refractivity contribution in [3.63, 3.8) is 0 Å². The third kappa shape index (κ3) is 4.14. The summed E-state index contributed by atoms with van der Waals surface area (Å²) in [7, 11) is 0. The predicted octanol–water partition coefficient (Wildman–Crippen LogP) is 2.77. The fraction of sp³-hybridized carbons (Fsp3) is 0.500. The van der Waals surface area contributed by atoms with Gasteiger partial charge in [-0.3, -0.25) is 0 Å². The lowest BCUT2D eigenvalue weighted by molar-refractivity contribution is 0.187. The summed E-state index contributed by atoms with van der Waals surface area (Å²) in [6.45, 7) is 5.49. The molecule has 3 heteroatoms. The smallest absolute Gasteiger partial charge is 0.119 e. The van der Waals surface area contributed by atoms with Crippen molar-refractivity contribution in [1.82, 2.24) is 0 Å². The van der Waals surface area contributed by atoms with Crippen molar-refractivity contribution in [3.8, 4) is 5.75 Å². The summed E-state index contributed by atoms with van der Waals surface area (Å²) in [5.41, 5.74) is 5.67. The van der Waals surface area contributed by atoms with Crippen LogP contribution in [0, 0.1) is 5.41 Å². The van der Waals surface area contributed by atoms with Gasteiger partial charge in [0.05, 0.1) is 6.61 Å².